The van der Waals surface area contributed by atoms with Crippen LogP contribution in [0, 0.1) is 0 Å². The first-order chi connectivity index (χ1) is 12.9. The summed E-state index contributed by atoms with van der Waals surface area (Å²) in [5, 5.41) is 13.1. The van der Waals surface area contributed by atoms with Gasteiger partial charge in [-0.2, -0.15) is 0 Å². The van der Waals surface area contributed by atoms with Crippen molar-refractivity contribution in [1.29, 1.82) is 0 Å². The third kappa shape index (κ3) is 7.21. The smallest absolute Gasteiger partial charge is 0.273 e. The Balaban J connectivity index is 1.71. The maximum atomic E-state index is 11.9. The molecule has 2 heterocycles. The molecule has 1 atom stereocenters. The number of β-amino-alcohol motifs (C(OH)–C–C–N with tert-alkyl or cyclic N) is 1. The van der Waals surface area contributed by atoms with Crippen LogP contribution in [0.25, 0.3) is 0 Å². The average Bonchev–Trinajstić information content (AvgIpc) is 3.09. The van der Waals surface area contributed by atoms with Crippen molar-refractivity contribution in [3.8, 4) is 0 Å². The number of aliphatic hydroxyl groups excluding tert-OH is 1. The van der Waals surface area contributed by atoms with E-state index in [1.54, 1.807) is 0 Å². The number of nitrogens with zero attached hydrogens (tertiary/aromatic N) is 4. The van der Waals surface area contributed by atoms with Crippen molar-refractivity contribution in [2.75, 3.05) is 52.9 Å². The minimum absolute atomic E-state index is 0.183. The maximum absolute atomic E-state index is 11.9. The SMILES string of the molecule is CCCNC(=O)c1coc(CN2CCN(CC(O)CN(C)C(C)C)CC2)n1. The molecular formula is C19H35N5O3. The van der Waals surface area contributed by atoms with Crippen molar-refractivity contribution < 1.29 is 14.3 Å². The molecule has 1 unspecified atom stereocenters. The molecule has 1 aliphatic rings. The van der Waals surface area contributed by atoms with Gasteiger partial charge in [-0.15, -0.1) is 0 Å². The third-order valence-electron chi connectivity index (χ3n) is 4.99. The topological polar surface area (TPSA) is 85.1 Å². The van der Waals surface area contributed by atoms with Crippen LogP contribution in [0.5, 0.6) is 0 Å². The highest BCUT2D eigenvalue weighted by molar-refractivity contribution is 5.91. The van der Waals surface area contributed by atoms with Crippen LogP contribution in [-0.4, -0.2) is 95.7 Å². The van der Waals surface area contributed by atoms with Crippen molar-refractivity contribution >= 4 is 5.91 Å². The minimum Gasteiger partial charge on any atom is -0.447 e. The van der Waals surface area contributed by atoms with Crippen LogP contribution in [-0.2, 0) is 6.54 Å². The number of hydrogen-bond donors (Lipinski definition) is 2. The summed E-state index contributed by atoms with van der Waals surface area (Å²) in [6, 6.07) is 0.436. The molecule has 1 aliphatic heterocycles. The number of aromatic nitrogens is 1. The van der Waals surface area contributed by atoms with Gasteiger partial charge in [0.1, 0.15) is 6.26 Å². The Hall–Kier alpha value is -1.48. The first-order valence-electron chi connectivity index (χ1n) is 9.94. The second-order valence-corrected chi connectivity index (χ2v) is 7.65. The van der Waals surface area contributed by atoms with E-state index in [0.717, 1.165) is 32.6 Å². The molecule has 1 fully saturated rings. The Labute approximate surface area is 162 Å². The zero-order valence-electron chi connectivity index (χ0n) is 17.1. The molecule has 1 aromatic heterocycles. The summed E-state index contributed by atoms with van der Waals surface area (Å²) in [4.78, 5) is 22.9. The second-order valence-electron chi connectivity index (χ2n) is 7.65. The van der Waals surface area contributed by atoms with E-state index in [4.69, 9.17) is 4.42 Å². The molecule has 27 heavy (non-hydrogen) atoms. The number of rotatable bonds is 10. The molecule has 2 N–H and O–H groups in total. The fraction of sp³-hybridized carbons (Fsp3) is 0.789. The molecule has 0 saturated carbocycles. The van der Waals surface area contributed by atoms with Gasteiger partial charge in [0, 0.05) is 51.9 Å². The van der Waals surface area contributed by atoms with E-state index in [1.165, 1.54) is 6.26 Å². The monoisotopic (exact) mass is 381 g/mol. The highest BCUT2D eigenvalue weighted by Crippen LogP contribution is 2.10. The molecule has 0 bridgehead atoms. The van der Waals surface area contributed by atoms with E-state index < -0.39 is 0 Å². The number of aliphatic hydroxyl groups is 1. The summed E-state index contributed by atoms with van der Waals surface area (Å²) in [6.45, 7) is 12.5. The van der Waals surface area contributed by atoms with Gasteiger partial charge in [0.2, 0.25) is 5.89 Å². The standard InChI is InChI=1S/C19H35N5O3/c1-5-6-20-19(26)17-14-27-18(21-17)13-24-9-7-23(8-10-24)12-16(25)11-22(4)15(2)3/h14-16,25H,5-13H2,1-4H3,(H,20,26). The molecule has 0 radical (unpaired) electrons. The highest BCUT2D eigenvalue weighted by atomic mass is 16.3. The molecule has 1 amide bonds. The van der Waals surface area contributed by atoms with Gasteiger partial charge in [-0.05, 0) is 27.3 Å². The van der Waals surface area contributed by atoms with E-state index in [9.17, 15) is 9.90 Å². The lowest BCUT2D eigenvalue weighted by Gasteiger charge is -2.35. The van der Waals surface area contributed by atoms with Crippen LogP contribution in [0.15, 0.2) is 10.7 Å². The van der Waals surface area contributed by atoms with E-state index in [-0.39, 0.29) is 12.0 Å². The quantitative estimate of drug-likeness (QED) is 0.615. The fourth-order valence-corrected chi connectivity index (χ4v) is 3.04. The second kappa shape index (κ2) is 10.8. The van der Waals surface area contributed by atoms with Crippen LogP contribution in [0.2, 0.25) is 0 Å². The zero-order valence-corrected chi connectivity index (χ0v) is 17.1. The molecule has 8 heteroatoms. The lowest BCUT2D eigenvalue weighted by Crippen LogP contribution is -2.49. The lowest BCUT2D eigenvalue weighted by atomic mass is 10.2. The van der Waals surface area contributed by atoms with Crippen LogP contribution in [0.3, 0.4) is 0 Å². The van der Waals surface area contributed by atoms with Gasteiger partial charge in [-0.25, -0.2) is 4.98 Å². The number of carbonyl (C=O) groups excluding carboxylic acids is 1. The predicted octanol–water partition coefficient (Wildman–Crippen LogP) is 0.633. The maximum Gasteiger partial charge on any atom is 0.273 e. The first-order valence-corrected chi connectivity index (χ1v) is 9.94. The molecule has 2 rings (SSSR count). The van der Waals surface area contributed by atoms with Crippen molar-refractivity contribution in [1.82, 2.24) is 25.0 Å². The number of hydrogen-bond acceptors (Lipinski definition) is 7. The van der Waals surface area contributed by atoms with E-state index in [1.807, 2.05) is 14.0 Å². The summed E-state index contributed by atoms with van der Waals surface area (Å²) in [5.74, 6) is 0.390. The Morgan fingerprint density at radius 3 is 2.63 bits per heavy atom. The molecule has 0 spiro atoms. The van der Waals surface area contributed by atoms with E-state index >= 15 is 0 Å². The van der Waals surface area contributed by atoms with Gasteiger partial charge >= 0.3 is 0 Å². The number of nitrogens with one attached hydrogen (secondary N) is 1. The summed E-state index contributed by atoms with van der Waals surface area (Å²) in [6.07, 6.45) is 1.99. The third-order valence-corrected chi connectivity index (χ3v) is 4.99. The van der Waals surface area contributed by atoms with Gasteiger partial charge < -0.3 is 19.7 Å². The number of likely N-dealkylation sites (N-methyl/N-ethyl adjacent to an activating group) is 1. The Morgan fingerprint density at radius 1 is 1.33 bits per heavy atom. The van der Waals surface area contributed by atoms with Crippen LogP contribution < -0.4 is 5.32 Å². The number of amides is 1. The molecular weight excluding hydrogens is 346 g/mol. The summed E-state index contributed by atoms with van der Waals surface area (Å²) in [5.41, 5.74) is 0.342. The van der Waals surface area contributed by atoms with Crippen LogP contribution >= 0.6 is 0 Å². The van der Waals surface area contributed by atoms with Gasteiger partial charge in [-0.3, -0.25) is 14.6 Å². The zero-order chi connectivity index (χ0) is 19.8. The van der Waals surface area contributed by atoms with E-state index in [2.05, 4.69) is 38.8 Å². The summed E-state index contributed by atoms with van der Waals surface area (Å²) < 4.78 is 5.45. The van der Waals surface area contributed by atoms with Crippen LogP contribution in [0.4, 0.5) is 0 Å². The van der Waals surface area contributed by atoms with Gasteiger partial charge in [0.25, 0.3) is 5.91 Å². The van der Waals surface area contributed by atoms with Crippen LogP contribution in [0.1, 0.15) is 43.6 Å². The summed E-state index contributed by atoms with van der Waals surface area (Å²) >= 11 is 0. The normalized spacial score (nSPS) is 17.6. The van der Waals surface area contributed by atoms with Crippen molar-refractivity contribution in [2.24, 2.45) is 0 Å². The number of piperazine rings is 1. The Bertz CT molecular complexity index is 569. The number of carbonyl (C=O) groups is 1. The Morgan fingerprint density at radius 2 is 2.00 bits per heavy atom. The van der Waals surface area contributed by atoms with Crippen molar-refractivity contribution in [2.45, 2.75) is 45.9 Å². The molecule has 0 aliphatic carbocycles. The van der Waals surface area contributed by atoms with Gasteiger partial charge in [-0.1, -0.05) is 6.92 Å². The fourth-order valence-electron chi connectivity index (χ4n) is 3.04. The highest BCUT2D eigenvalue weighted by Gasteiger charge is 2.22. The lowest BCUT2D eigenvalue weighted by molar-refractivity contribution is 0.0469. The average molecular weight is 382 g/mol. The molecule has 154 valence electrons. The molecule has 8 nitrogen and oxygen atoms in total. The van der Waals surface area contributed by atoms with Crippen molar-refractivity contribution in [3.05, 3.63) is 17.8 Å². The van der Waals surface area contributed by atoms with E-state index in [0.29, 0.717) is 43.8 Å². The van der Waals surface area contributed by atoms with Crippen molar-refractivity contribution in [3.63, 3.8) is 0 Å². The Kier molecular flexibility index (Phi) is 8.69. The van der Waals surface area contributed by atoms with Gasteiger partial charge in [0.15, 0.2) is 5.69 Å². The van der Waals surface area contributed by atoms with Gasteiger partial charge in [0.05, 0.1) is 12.6 Å². The first kappa shape index (κ1) is 21.8. The largest absolute Gasteiger partial charge is 0.447 e. The molecule has 0 aromatic carbocycles. The molecule has 1 aromatic rings. The minimum atomic E-state index is -0.333. The summed E-state index contributed by atoms with van der Waals surface area (Å²) in [7, 11) is 2.04. The molecule has 1 saturated heterocycles. The predicted molar refractivity (Wildman–Crippen MR) is 105 cm³/mol. The number of oxazole rings is 1.